The van der Waals surface area contributed by atoms with E-state index in [0.29, 0.717) is 27.3 Å². The molecule has 0 fully saturated rings. The third kappa shape index (κ3) is 4.13. The smallest absolute Gasteiger partial charge is 0.189 e. The quantitative estimate of drug-likeness (QED) is 0.429. The predicted octanol–water partition coefficient (Wildman–Crippen LogP) is 5.86. The first kappa shape index (κ1) is 18.6. The van der Waals surface area contributed by atoms with E-state index in [2.05, 4.69) is 21.4 Å². The summed E-state index contributed by atoms with van der Waals surface area (Å²) in [4.78, 5) is 10.2. The molecule has 7 heteroatoms. The van der Waals surface area contributed by atoms with Gasteiger partial charge in [0, 0.05) is 21.2 Å². The molecule has 3 aromatic rings. The van der Waals surface area contributed by atoms with Crippen LogP contribution in [-0.2, 0) is 0 Å². The fourth-order valence-electron chi connectivity index (χ4n) is 2.38. The number of anilines is 2. The van der Waals surface area contributed by atoms with Gasteiger partial charge in [0.05, 0.1) is 5.69 Å². The van der Waals surface area contributed by atoms with Crippen LogP contribution in [-0.4, -0.2) is 22.5 Å². The summed E-state index contributed by atoms with van der Waals surface area (Å²) in [6.45, 7) is 0. The van der Waals surface area contributed by atoms with Crippen molar-refractivity contribution in [3.05, 3.63) is 59.1 Å². The zero-order chi connectivity index (χ0) is 18.5. The van der Waals surface area contributed by atoms with Crippen LogP contribution < -0.4 is 5.32 Å². The molecule has 0 amide bonds. The molecule has 0 bridgehead atoms. The number of rotatable bonds is 5. The Morgan fingerprint density at radius 2 is 1.81 bits per heavy atom. The largest absolute Gasteiger partial charge is 0.339 e. The third-order valence-corrected chi connectivity index (χ3v) is 5.16. The van der Waals surface area contributed by atoms with Crippen molar-refractivity contribution in [3.8, 4) is 17.3 Å². The van der Waals surface area contributed by atoms with Gasteiger partial charge < -0.3 is 5.32 Å². The Bertz CT molecular complexity index is 968. The topological polar surface area (TPSA) is 61.6 Å². The third-order valence-electron chi connectivity index (χ3n) is 3.63. The zero-order valence-corrected chi connectivity index (χ0v) is 16.5. The number of aromatic nitrogens is 2. The van der Waals surface area contributed by atoms with Gasteiger partial charge in [0.25, 0.3) is 0 Å². The van der Waals surface area contributed by atoms with Gasteiger partial charge in [-0.25, -0.2) is 9.97 Å². The normalized spacial score (nSPS) is 10.4. The van der Waals surface area contributed by atoms with Crippen LogP contribution in [0, 0.1) is 11.3 Å². The second-order valence-corrected chi connectivity index (χ2v) is 7.35. The Balaban J connectivity index is 2.10. The van der Waals surface area contributed by atoms with Crippen LogP contribution in [0.1, 0.15) is 5.56 Å². The monoisotopic (exact) mass is 398 g/mol. The molecule has 0 spiro atoms. The minimum atomic E-state index is 0.402. The second-order valence-electron chi connectivity index (χ2n) is 5.26. The van der Waals surface area contributed by atoms with E-state index in [4.69, 9.17) is 11.6 Å². The molecule has 1 N–H and O–H groups in total. The van der Waals surface area contributed by atoms with Gasteiger partial charge in [-0.2, -0.15) is 5.26 Å². The number of halogens is 1. The number of hydrogen-bond donors (Lipinski definition) is 1. The molecular formula is C19H15ClN4S2. The molecule has 0 radical (unpaired) electrons. The summed E-state index contributed by atoms with van der Waals surface area (Å²) in [6.07, 6.45) is 3.93. The van der Waals surface area contributed by atoms with E-state index in [9.17, 15) is 5.26 Å². The molecule has 1 heterocycles. The molecule has 1 aromatic heterocycles. The molecule has 0 aliphatic rings. The molecule has 0 unspecified atom stereocenters. The van der Waals surface area contributed by atoms with Gasteiger partial charge in [0.1, 0.15) is 11.6 Å². The van der Waals surface area contributed by atoms with Crippen LogP contribution >= 0.6 is 35.1 Å². The van der Waals surface area contributed by atoms with Crippen LogP contribution in [0.3, 0.4) is 0 Å². The lowest BCUT2D eigenvalue weighted by Crippen LogP contribution is -2.03. The van der Waals surface area contributed by atoms with E-state index in [0.717, 1.165) is 16.1 Å². The maximum absolute atomic E-state index is 9.75. The average molecular weight is 399 g/mol. The molecule has 130 valence electrons. The van der Waals surface area contributed by atoms with Gasteiger partial charge in [0.2, 0.25) is 0 Å². The Morgan fingerprint density at radius 3 is 2.46 bits per heavy atom. The zero-order valence-electron chi connectivity index (χ0n) is 14.2. The van der Waals surface area contributed by atoms with Gasteiger partial charge in [0.15, 0.2) is 11.0 Å². The van der Waals surface area contributed by atoms with Gasteiger partial charge in [-0.3, -0.25) is 0 Å². The molecular weight excluding hydrogens is 384 g/mol. The highest BCUT2D eigenvalue weighted by molar-refractivity contribution is 7.98. The van der Waals surface area contributed by atoms with Crippen molar-refractivity contribution >= 4 is 46.6 Å². The summed E-state index contributed by atoms with van der Waals surface area (Å²) in [6, 6.07) is 17.5. The Labute approximate surface area is 166 Å². The summed E-state index contributed by atoms with van der Waals surface area (Å²) >= 11 is 9.07. The van der Waals surface area contributed by atoms with Crippen LogP contribution in [0.4, 0.5) is 11.5 Å². The molecule has 2 aromatic carbocycles. The fraction of sp³-hybridized carbons (Fsp3) is 0.105. The number of thioether (sulfide) groups is 2. The lowest BCUT2D eigenvalue weighted by molar-refractivity contribution is 0.975. The summed E-state index contributed by atoms with van der Waals surface area (Å²) in [5, 5.41) is 14.3. The van der Waals surface area contributed by atoms with Crippen molar-refractivity contribution in [2.75, 3.05) is 17.8 Å². The maximum Gasteiger partial charge on any atom is 0.189 e. The lowest BCUT2D eigenvalue weighted by atomic mass is 10.1. The standard InChI is InChI=1S/C19H15ClN4S2/c1-25-15-5-3-4-14(10-15)22-18-16(11-21)17(23-19(24-18)26-2)12-6-8-13(20)9-7-12/h3-10H,1-2H3,(H,22,23,24). The number of nitrogens with zero attached hydrogens (tertiary/aromatic N) is 3. The fourth-order valence-corrected chi connectivity index (χ4v) is 3.33. The summed E-state index contributed by atoms with van der Waals surface area (Å²) in [5.74, 6) is 0.495. The summed E-state index contributed by atoms with van der Waals surface area (Å²) in [7, 11) is 0. The van der Waals surface area contributed by atoms with Crippen molar-refractivity contribution < 1.29 is 0 Å². The van der Waals surface area contributed by atoms with Crippen molar-refractivity contribution in [1.29, 1.82) is 5.26 Å². The van der Waals surface area contributed by atoms with Crippen molar-refractivity contribution in [3.63, 3.8) is 0 Å². The molecule has 26 heavy (non-hydrogen) atoms. The van der Waals surface area contributed by atoms with E-state index in [1.807, 2.05) is 48.9 Å². The Morgan fingerprint density at radius 1 is 1.04 bits per heavy atom. The van der Waals surface area contributed by atoms with Gasteiger partial charge in [-0.1, -0.05) is 41.6 Å². The average Bonchev–Trinajstić information content (AvgIpc) is 2.68. The highest BCUT2D eigenvalue weighted by Gasteiger charge is 2.16. The van der Waals surface area contributed by atoms with E-state index in [-0.39, 0.29) is 0 Å². The van der Waals surface area contributed by atoms with Crippen LogP contribution in [0.25, 0.3) is 11.3 Å². The molecule has 0 atom stereocenters. The molecule has 0 aliphatic carbocycles. The molecule has 0 saturated heterocycles. The SMILES string of the molecule is CSc1cccc(Nc2nc(SC)nc(-c3ccc(Cl)cc3)c2C#N)c1. The van der Waals surface area contributed by atoms with Gasteiger partial charge in [-0.15, -0.1) is 11.8 Å². The Hall–Kier alpha value is -2.20. The minimum absolute atomic E-state index is 0.402. The van der Waals surface area contributed by atoms with Crippen molar-refractivity contribution in [1.82, 2.24) is 9.97 Å². The molecule has 4 nitrogen and oxygen atoms in total. The number of benzene rings is 2. The first-order chi connectivity index (χ1) is 12.6. The molecule has 3 rings (SSSR count). The van der Waals surface area contributed by atoms with E-state index in [1.54, 1.807) is 23.9 Å². The molecule has 0 saturated carbocycles. The summed E-state index contributed by atoms with van der Waals surface area (Å²) < 4.78 is 0. The van der Waals surface area contributed by atoms with Crippen LogP contribution in [0.15, 0.2) is 58.6 Å². The van der Waals surface area contributed by atoms with Gasteiger partial charge in [-0.05, 0) is 42.8 Å². The highest BCUT2D eigenvalue weighted by atomic mass is 35.5. The van der Waals surface area contributed by atoms with E-state index < -0.39 is 0 Å². The highest BCUT2D eigenvalue weighted by Crippen LogP contribution is 2.31. The van der Waals surface area contributed by atoms with Gasteiger partial charge >= 0.3 is 0 Å². The first-order valence-corrected chi connectivity index (χ1v) is 10.5. The maximum atomic E-state index is 9.75. The van der Waals surface area contributed by atoms with E-state index in [1.165, 1.54) is 11.8 Å². The van der Waals surface area contributed by atoms with E-state index >= 15 is 0 Å². The van der Waals surface area contributed by atoms with Crippen molar-refractivity contribution in [2.24, 2.45) is 0 Å². The number of nitrogens with one attached hydrogen (secondary N) is 1. The first-order valence-electron chi connectivity index (χ1n) is 7.67. The lowest BCUT2D eigenvalue weighted by Gasteiger charge is -2.13. The minimum Gasteiger partial charge on any atom is -0.339 e. The Kier molecular flexibility index (Phi) is 6.04. The van der Waals surface area contributed by atoms with Crippen molar-refractivity contribution in [2.45, 2.75) is 10.1 Å². The second kappa shape index (κ2) is 8.45. The van der Waals surface area contributed by atoms with Crippen LogP contribution in [0.2, 0.25) is 5.02 Å². The predicted molar refractivity (Wildman–Crippen MR) is 110 cm³/mol. The number of nitriles is 1. The molecule has 0 aliphatic heterocycles. The van der Waals surface area contributed by atoms with Crippen LogP contribution in [0.5, 0.6) is 0 Å². The summed E-state index contributed by atoms with van der Waals surface area (Å²) in [5.41, 5.74) is 2.69. The number of hydrogen-bond acceptors (Lipinski definition) is 6.